The minimum atomic E-state index is -0.783. The van der Waals surface area contributed by atoms with Crippen LogP contribution in [0.15, 0.2) is 59.2 Å². The molecule has 1 heterocycles. The number of halogens is 2. The zero-order valence-corrected chi connectivity index (χ0v) is 12.7. The van der Waals surface area contributed by atoms with Gasteiger partial charge in [-0.1, -0.05) is 36.4 Å². The molecule has 106 valence electrons. The smallest absolute Gasteiger partial charge is 0.137 e. The number of benzene rings is 2. The fourth-order valence-electron chi connectivity index (χ4n) is 2.42. The molecule has 0 saturated heterocycles. The monoisotopic (exact) mass is 345 g/mol. The van der Waals surface area contributed by atoms with Gasteiger partial charge in [0, 0.05) is 18.0 Å². The van der Waals surface area contributed by atoms with Crippen molar-refractivity contribution >= 4 is 26.7 Å². The van der Waals surface area contributed by atoms with Crippen molar-refractivity contribution < 1.29 is 9.50 Å². The van der Waals surface area contributed by atoms with Gasteiger partial charge in [-0.2, -0.15) is 0 Å². The summed E-state index contributed by atoms with van der Waals surface area (Å²) >= 11 is 3.22. The molecule has 0 aliphatic carbocycles. The highest BCUT2D eigenvalue weighted by molar-refractivity contribution is 9.10. The molecule has 0 aliphatic heterocycles. The Hall–Kier alpha value is -1.78. The molecule has 1 aromatic heterocycles. The molecule has 1 N–H and O–H groups in total. The lowest BCUT2D eigenvalue weighted by molar-refractivity contribution is 0.175. The average molecular weight is 346 g/mol. The molecule has 2 nitrogen and oxygen atoms in total. The van der Waals surface area contributed by atoms with Gasteiger partial charge in [0.1, 0.15) is 11.9 Å². The molecule has 4 heteroatoms. The van der Waals surface area contributed by atoms with E-state index in [2.05, 4.69) is 20.9 Å². The Kier molecular flexibility index (Phi) is 3.99. The van der Waals surface area contributed by atoms with Gasteiger partial charge in [-0.3, -0.25) is 4.98 Å². The fourth-order valence-corrected chi connectivity index (χ4v) is 2.85. The Bertz CT molecular complexity index is 785. The first-order valence-corrected chi connectivity index (χ1v) is 7.40. The van der Waals surface area contributed by atoms with Gasteiger partial charge in [0.15, 0.2) is 0 Å². The number of aromatic nitrogens is 1. The van der Waals surface area contributed by atoms with Crippen LogP contribution in [-0.4, -0.2) is 10.1 Å². The Morgan fingerprint density at radius 2 is 1.90 bits per heavy atom. The zero-order chi connectivity index (χ0) is 14.8. The van der Waals surface area contributed by atoms with E-state index in [0.29, 0.717) is 16.6 Å². The van der Waals surface area contributed by atoms with E-state index in [9.17, 15) is 9.50 Å². The molecule has 1 atom stereocenters. The van der Waals surface area contributed by atoms with Crippen molar-refractivity contribution in [1.29, 1.82) is 0 Å². The van der Waals surface area contributed by atoms with Crippen LogP contribution in [0.25, 0.3) is 10.8 Å². The number of aliphatic hydroxyl groups excluding tert-OH is 1. The molecular formula is C17H13BrFNO. The van der Waals surface area contributed by atoms with E-state index >= 15 is 0 Å². The zero-order valence-electron chi connectivity index (χ0n) is 11.1. The van der Waals surface area contributed by atoms with E-state index < -0.39 is 6.10 Å². The third kappa shape index (κ3) is 2.82. The van der Waals surface area contributed by atoms with Gasteiger partial charge in [-0.05, 0) is 39.0 Å². The Morgan fingerprint density at radius 3 is 2.76 bits per heavy atom. The normalized spacial score (nSPS) is 12.5. The lowest BCUT2D eigenvalue weighted by Gasteiger charge is -2.14. The van der Waals surface area contributed by atoms with Crippen LogP contribution >= 0.6 is 15.9 Å². The Labute approximate surface area is 130 Å². The molecule has 3 aromatic rings. The maximum absolute atomic E-state index is 13.5. The van der Waals surface area contributed by atoms with Crippen molar-refractivity contribution in [2.75, 3.05) is 0 Å². The van der Waals surface area contributed by atoms with Gasteiger partial charge in [0.2, 0.25) is 0 Å². The highest BCUT2D eigenvalue weighted by Crippen LogP contribution is 2.28. The summed E-state index contributed by atoms with van der Waals surface area (Å²) < 4.78 is 13.9. The molecule has 0 spiro atoms. The third-order valence-corrected chi connectivity index (χ3v) is 4.35. The molecule has 0 bridgehead atoms. The van der Waals surface area contributed by atoms with E-state index in [-0.39, 0.29) is 5.82 Å². The topological polar surface area (TPSA) is 33.1 Å². The highest BCUT2D eigenvalue weighted by Gasteiger charge is 2.16. The van der Waals surface area contributed by atoms with Crippen LogP contribution in [0.5, 0.6) is 0 Å². The first kappa shape index (κ1) is 14.2. The second-order valence-electron chi connectivity index (χ2n) is 4.85. The maximum Gasteiger partial charge on any atom is 0.137 e. The summed E-state index contributed by atoms with van der Waals surface area (Å²) in [6.07, 6.45) is 1.20. The number of hydrogen-bond acceptors (Lipinski definition) is 2. The lowest BCUT2D eigenvalue weighted by atomic mass is 10.0. The number of aliphatic hydroxyl groups is 1. The minimum Gasteiger partial charge on any atom is -0.386 e. The third-order valence-electron chi connectivity index (χ3n) is 3.46. The van der Waals surface area contributed by atoms with Gasteiger partial charge in [-0.25, -0.2) is 4.39 Å². The predicted octanol–water partition coefficient (Wildman–Crippen LogP) is 4.41. The van der Waals surface area contributed by atoms with Crippen LogP contribution in [0.2, 0.25) is 0 Å². The first-order valence-electron chi connectivity index (χ1n) is 6.61. The van der Waals surface area contributed by atoms with Crippen LogP contribution in [-0.2, 0) is 6.42 Å². The summed E-state index contributed by atoms with van der Waals surface area (Å²) in [4.78, 5) is 4.30. The van der Waals surface area contributed by atoms with E-state index in [1.807, 2.05) is 30.3 Å². The summed E-state index contributed by atoms with van der Waals surface area (Å²) in [5.41, 5.74) is 1.33. The van der Waals surface area contributed by atoms with Crippen LogP contribution in [0.3, 0.4) is 0 Å². The van der Waals surface area contributed by atoms with Crippen molar-refractivity contribution in [3.8, 4) is 0 Å². The standard InChI is InChI=1S/C17H13BrFNO/c18-16-12(5-3-7-14(16)19)10-15(21)17-13-6-2-1-4-11(13)8-9-20-17/h1-9,15,21H,10H2. The molecule has 0 radical (unpaired) electrons. The number of nitrogens with zero attached hydrogens (tertiary/aromatic N) is 1. The second kappa shape index (κ2) is 5.92. The van der Waals surface area contributed by atoms with Crippen LogP contribution in [0, 0.1) is 5.82 Å². The van der Waals surface area contributed by atoms with Gasteiger partial charge < -0.3 is 5.11 Å². The number of fused-ring (bicyclic) bond motifs is 1. The summed E-state index contributed by atoms with van der Waals surface area (Å²) in [7, 11) is 0. The van der Waals surface area contributed by atoms with E-state index in [0.717, 1.165) is 16.3 Å². The Balaban J connectivity index is 1.97. The fraction of sp³-hybridized carbons (Fsp3) is 0.118. The quantitative estimate of drug-likeness (QED) is 0.762. The number of hydrogen-bond donors (Lipinski definition) is 1. The molecule has 0 saturated carbocycles. The van der Waals surface area contributed by atoms with Crippen molar-refractivity contribution in [3.05, 3.63) is 76.3 Å². The van der Waals surface area contributed by atoms with Gasteiger partial charge in [-0.15, -0.1) is 0 Å². The van der Waals surface area contributed by atoms with Gasteiger partial charge >= 0.3 is 0 Å². The SMILES string of the molecule is OC(Cc1cccc(F)c1Br)c1nccc2ccccc12. The predicted molar refractivity (Wildman–Crippen MR) is 84.5 cm³/mol. The van der Waals surface area contributed by atoms with Gasteiger partial charge in [0.05, 0.1) is 10.2 Å². The molecular weight excluding hydrogens is 333 g/mol. The molecule has 3 rings (SSSR count). The molecule has 1 unspecified atom stereocenters. The first-order chi connectivity index (χ1) is 10.2. The molecule has 0 aliphatic rings. The van der Waals surface area contributed by atoms with E-state index in [1.54, 1.807) is 18.3 Å². The summed E-state index contributed by atoms with van der Waals surface area (Å²) in [5.74, 6) is -0.328. The summed E-state index contributed by atoms with van der Waals surface area (Å²) in [6, 6.07) is 14.5. The largest absolute Gasteiger partial charge is 0.386 e. The van der Waals surface area contributed by atoms with Gasteiger partial charge in [0.25, 0.3) is 0 Å². The second-order valence-corrected chi connectivity index (χ2v) is 5.64. The lowest BCUT2D eigenvalue weighted by Crippen LogP contribution is -2.06. The average Bonchev–Trinajstić information content (AvgIpc) is 2.51. The van der Waals surface area contributed by atoms with E-state index in [4.69, 9.17) is 0 Å². The Morgan fingerprint density at radius 1 is 1.10 bits per heavy atom. The molecule has 0 amide bonds. The number of pyridine rings is 1. The summed E-state index contributed by atoms with van der Waals surface area (Å²) in [5, 5.41) is 12.4. The molecule has 21 heavy (non-hydrogen) atoms. The van der Waals surface area contributed by atoms with Crippen molar-refractivity contribution in [3.63, 3.8) is 0 Å². The molecule has 0 fully saturated rings. The van der Waals surface area contributed by atoms with E-state index in [1.165, 1.54) is 6.07 Å². The maximum atomic E-state index is 13.5. The summed E-state index contributed by atoms with van der Waals surface area (Å²) in [6.45, 7) is 0. The van der Waals surface area contributed by atoms with Crippen LogP contribution in [0.4, 0.5) is 4.39 Å². The highest BCUT2D eigenvalue weighted by atomic mass is 79.9. The molecule has 2 aromatic carbocycles. The van der Waals surface area contributed by atoms with Crippen LogP contribution < -0.4 is 0 Å². The minimum absolute atomic E-state index is 0.305. The van der Waals surface area contributed by atoms with Crippen molar-refractivity contribution in [1.82, 2.24) is 4.98 Å². The van der Waals surface area contributed by atoms with Crippen molar-refractivity contribution in [2.45, 2.75) is 12.5 Å². The van der Waals surface area contributed by atoms with Crippen LogP contribution in [0.1, 0.15) is 17.4 Å². The number of rotatable bonds is 3. The van der Waals surface area contributed by atoms with Crippen molar-refractivity contribution in [2.24, 2.45) is 0 Å².